The zero-order valence-corrected chi connectivity index (χ0v) is 6.36. The Morgan fingerprint density at radius 2 is 2.44 bits per heavy atom. The summed E-state index contributed by atoms with van der Waals surface area (Å²) in [5.74, 6) is 0.729. The van der Waals surface area contributed by atoms with Gasteiger partial charge in [0.1, 0.15) is 0 Å². The molecular weight excluding hydrogens is 134 g/mol. The molecule has 2 N–H and O–H groups in total. The fourth-order valence-corrected chi connectivity index (χ4v) is 1.25. The summed E-state index contributed by atoms with van der Waals surface area (Å²) in [5.41, 5.74) is 5.72. The fourth-order valence-electron chi connectivity index (χ4n) is 0.999. The van der Waals surface area contributed by atoms with Gasteiger partial charge in [-0.25, -0.2) is 0 Å². The van der Waals surface area contributed by atoms with Crippen molar-refractivity contribution in [1.29, 1.82) is 0 Å². The SMILES string of the molecule is NC1(CS)CCCOC1. The molecule has 0 spiro atoms. The van der Waals surface area contributed by atoms with E-state index in [1.54, 1.807) is 0 Å². The first kappa shape index (κ1) is 7.38. The number of nitrogens with two attached hydrogens (primary N) is 1. The van der Waals surface area contributed by atoms with Crippen molar-refractivity contribution in [3.8, 4) is 0 Å². The third-order valence-electron chi connectivity index (χ3n) is 1.67. The van der Waals surface area contributed by atoms with E-state index in [0.29, 0.717) is 6.61 Å². The highest BCUT2D eigenvalue weighted by Crippen LogP contribution is 2.16. The molecule has 1 aliphatic rings. The quantitative estimate of drug-likeness (QED) is 0.527. The zero-order chi connectivity index (χ0) is 6.74. The Kier molecular flexibility index (Phi) is 2.38. The summed E-state index contributed by atoms with van der Waals surface area (Å²) in [7, 11) is 0. The predicted octanol–water partition coefficient (Wildman–Crippen LogP) is 0.424. The molecule has 3 heteroatoms. The van der Waals surface area contributed by atoms with Gasteiger partial charge in [0, 0.05) is 17.9 Å². The second kappa shape index (κ2) is 2.90. The van der Waals surface area contributed by atoms with Crippen LogP contribution in [-0.4, -0.2) is 24.5 Å². The fraction of sp³-hybridized carbons (Fsp3) is 1.00. The normalized spacial score (nSPS) is 36.7. The Bertz CT molecular complexity index is 91.1. The molecule has 0 bridgehead atoms. The lowest BCUT2D eigenvalue weighted by Crippen LogP contribution is -2.49. The van der Waals surface area contributed by atoms with Crippen molar-refractivity contribution in [3.05, 3.63) is 0 Å². The minimum atomic E-state index is -0.138. The Balaban J connectivity index is 2.37. The number of hydrogen-bond donors (Lipinski definition) is 2. The van der Waals surface area contributed by atoms with Crippen LogP contribution in [0.15, 0.2) is 0 Å². The number of rotatable bonds is 1. The molecule has 0 aromatic rings. The second-order valence-corrected chi connectivity index (χ2v) is 2.99. The molecular formula is C6H13NOS. The summed E-state index contributed by atoms with van der Waals surface area (Å²) in [6, 6.07) is 0. The van der Waals surface area contributed by atoms with Gasteiger partial charge in [-0.05, 0) is 12.8 Å². The smallest absolute Gasteiger partial charge is 0.0654 e. The van der Waals surface area contributed by atoms with Crippen molar-refractivity contribution < 1.29 is 4.74 Å². The molecule has 1 fully saturated rings. The molecule has 1 unspecified atom stereocenters. The van der Waals surface area contributed by atoms with Crippen molar-refractivity contribution in [2.45, 2.75) is 18.4 Å². The summed E-state index contributed by atoms with van der Waals surface area (Å²) in [5, 5.41) is 0. The first-order chi connectivity index (χ1) is 4.27. The van der Waals surface area contributed by atoms with E-state index in [0.717, 1.165) is 25.2 Å². The van der Waals surface area contributed by atoms with Gasteiger partial charge in [0.05, 0.1) is 6.61 Å². The van der Waals surface area contributed by atoms with Crippen molar-refractivity contribution in [2.24, 2.45) is 5.73 Å². The zero-order valence-electron chi connectivity index (χ0n) is 5.47. The van der Waals surface area contributed by atoms with E-state index in [1.807, 2.05) is 0 Å². The largest absolute Gasteiger partial charge is 0.380 e. The van der Waals surface area contributed by atoms with Crippen molar-refractivity contribution in [1.82, 2.24) is 0 Å². The lowest BCUT2D eigenvalue weighted by Gasteiger charge is -2.31. The molecule has 0 amide bonds. The third kappa shape index (κ3) is 1.85. The van der Waals surface area contributed by atoms with E-state index in [9.17, 15) is 0 Å². The highest BCUT2D eigenvalue weighted by atomic mass is 32.1. The van der Waals surface area contributed by atoms with E-state index in [-0.39, 0.29) is 5.54 Å². The van der Waals surface area contributed by atoms with Gasteiger partial charge in [0.2, 0.25) is 0 Å². The molecule has 0 radical (unpaired) electrons. The van der Waals surface area contributed by atoms with Gasteiger partial charge in [-0.2, -0.15) is 12.6 Å². The Morgan fingerprint density at radius 3 is 2.78 bits per heavy atom. The van der Waals surface area contributed by atoms with Crippen LogP contribution in [0.5, 0.6) is 0 Å². The van der Waals surface area contributed by atoms with Gasteiger partial charge >= 0.3 is 0 Å². The minimum absolute atomic E-state index is 0.138. The Labute approximate surface area is 61.2 Å². The number of hydrogen-bond acceptors (Lipinski definition) is 3. The van der Waals surface area contributed by atoms with Crippen molar-refractivity contribution in [3.63, 3.8) is 0 Å². The van der Waals surface area contributed by atoms with Crippen LogP contribution in [0.4, 0.5) is 0 Å². The highest BCUT2D eigenvalue weighted by Gasteiger charge is 2.25. The van der Waals surface area contributed by atoms with Crippen LogP contribution >= 0.6 is 12.6 Å². The van der Waals surface area contributed by atoms with Gasteiger partial charge < -0.3 is 10.5 Å². The van der Waals surface area contributed by atoms with Gasteiger partial charge in [0.15, 0.2) is 0 Å². The molecule has 0 aromatic heterocycles. The summed E-state index contributed by atoms with van der Waals surface area (Å²) >= 11 is 4.14. The van der Waals surface area contributed by atoms with Gasteiger partial charge in [0.25, 0.3) is 0 Å². The molecule has 1 saturated heterocycles. The summed E-state index contributed by atoms with van der Waals surface area (Å²) in [6.07, 6.45) is 2.13. The standard InChI is InChI=1S/C6H13NOS/c7-6(5-9)2-1-3-8-4-6/h9H,1-5,7H2. The molecule has 1 atom stereocenters. The second-order valence-electron chi connectivity index (χ2n) is 2.68. The van der Waals surface area contributed by atoms with Crippen LogP contribution in [0.1, 0.15) is 12.8 Å². The van der Waals surface area contributed by atoms with Crippen LogP contribution in [0.3, 0.4) is 0 Å². The molecule has 2 nitrogen and oxygen atoms in total. The van der Waals surface area contributed by atoms with Crippen LogP contribution in [-0.2, 0) is 4.74 Å². The summed E-state index contributed by atoms with van der Waals surface area (Å²) < 4.78 is 5.20. The van der Waals surface area contributed by atoms with E-state index >= 15 is 0 Å². The summed E-state index contributed by atoms with van der Waals surface area (Å²) in [4.78, 5) is 0. The molecule has 0 aliphatic carbocycles. The van der Waals surface area contributed by atoms with Crippen LogP contribution < -0.4 is 5.73 Å². The van der Waals surface area contributed by atoms with Crippen molar-refractivity contribution in [2.75, 3.05) is 19.0 Å². The predicted molar refractivity (Wildman–Crippen MR) is 40.8 cm³/mol. The molecule has 1 heterocycles. The number of ether oxygens (including phenoxy) is 1. The van der Waals surface area contributed by atoms with Gasteiger partial charge in [-0.3, -0.25) is 0 Å². The van der Waals surface area contributed by atoms with E-state index in [1.165, 1.54) is 0 Å². The lowest BCUT2D eigenvalue weighted by molar-refractivity contribution is 0.0478. The highest BCUT2D eigenvalue weighted by molar-refractivity contribution is 7.80. The van der Waals surface area contributed by atoms with Crippen LogP contribution in [0, 0.1) is 0 Å². The molecule has 1 aliphatic heterocycles. The molecule has 54 valence electrons. The maximum Gasteiger partial charge on any atom is 0.0654 e. The summed E-state index contributed by atoms with van der Waals surface area (Å²) in [6.45, 7) is 1.54. The topological polar surface area (TPSA) is 35.2 Å². The number of thiol groups is 1. The first-order valence-corrected chi connectivity index (χ1v) is 3.88. The molecule has 0 aromatic carbocycles. The molecule has 1 rings (SSSR count). The maximum absolute atomic E-state index is 5.86. The monoisotopic (exact) mass is 147 g/mol. The average molecular weight is 147 g/mol. The van der Waals surface area contributed by atoms with Crippen LogP contribution in [0.2, 0.25) is 0 Å². The molecule has 9 heavy (non-hydrogen) atoms. The maximum atomic E-state index is 5.86. The van der Waals surface area contributed by atoms with E-state index in [4.69, 9.17) is 10.5 Å². The van der Waals surface area contributed by atoms with E-state index in [2.05, 4.69) is 12.6 Å². The van der Waals surface area contributed by atoms with Crippen LogP contribution in [0.25, 0.3) is 0 Å². The van der Waals surface area contributed by atoms with Gasteiger partial charge in [-0.1, -0.05) is 0 Å². The third-order valence-corrected chi connectivity index (χ3v) is 2.30. The Hall–Kier alpha value is 0.270. The van der Waals surface area contributed by atoms with Crippen molar-refractivity contribution >= 4 is 12.6 Å². The van der Waals surface area contributed by atoms with Gasteiger partial charge in [-0.15, -0.1) is 0 Å². The Morgan fingerprint density at radius 1 is 1.67 bits per heavy atom. The molecule has 0 saturated carbocycles. The average Bonchev–Trinajstić information content (AvgIpc) is 1.90. The lowest BCUT2D eigenvalue weighted by atomic mass is 9.96. The first-order valence-electron chi connectivity index (χ1n) is 3.24. The van der Waals surface area contributed by atoms with E-state index < -0.39 is 0 Å². The minimum Gasteiger partial charge on any atom is -0.380 e.